The van der Waals surface area contributed by atoms with Crippen molar-refractivity contribution in [1.82, 2.24) is 30.2 Å². The molecule has 104 valence electrons. The summed E-state index contributed by atoms with van der Waals surface area (Å²) < 4.78 is 1.56. The molecule has 7 heteroatoms. The number of carbonyl (C=O) groups excluding carboxylic acids is 1. The molecule has 0 aliphatic heterocycles. The fourth-order valence-corrected chi connectivity index (χ4v) is 1.93. The van der Waals surface area contributed by atoms with Crippen molar-refractivity contribution in [2.45, 2.75) is 13.0 Å². The van der Waals surface area contributed by atoms with Gasteiger partial charge in [-0.2, -0.15) is 0 Å². The number of aryl methyl sites for hydroxylation is 1. The number of carbonyl (C=O) groups is 1. The number of rotatable bonds is 5. The number of Topliss-reactive ketones (excluding diaryl/α,β-unsaturated/α-hetero) is 1. The van der Waals surface area contributed by atoms with Gasteiger partial charge in [0.2, 0.25) is 5.82 Å². The Bertz CT molecular complexity index is 725. The number of hydrogen-bond acceptors (Lipinski definition) is 6. The molecule has 3 rings (SSSR count). The Balaban J connectivity index is 1.73. The van der Waals surface area contributed by atoms with Crippen LogP contribution in [-0.4, -0.2) is 36.0 Å². The van der Waals surface area contributed by atoms with Crippen LogP contribution in [0.5, 0.6) is 0 Å². The van der Waals surface area contributed by atoms with Crippen LogP contribution in [0.4, 0.5) is 0 Å². The number of nitrogens with zero attached hydrogens (tertiary/aromatic N) is 6. The van der Waals surface area contributed by atoms with E-state index < -0.39 is 0 Å². The second kappa shape index (κ2) is 6.00. The van der Waals surface area contributed by atoms with Gasteiger partial charge in [-0.1, -0.05) is 30.3 Å². The Labute approximate surface area is 120 Å². The van der Waals surface area contributed by atoms with E-state index in [0.717, 1.165) is 0 Å². The van der Waals surface area contributed by atoms with E-state index >= 15 is 0 Å². The van der Waals surface area contributed by atoms with E-state index in [-0.39, 0.29) is 5.78 Å². The summed E-state index contributed by atoms with van der Waals surface area (Å²) in [7, 11) is 0. The first-order valence-electron chi connectivity index (χ1n) is 6.45. The predicted octanol–water partition coefficient (Wildman–Crippen LogP) is 1.40. The van der Waals surface area contributed by atoms with Gasteiger partial charge >= 0.3 is 0 Å². The van der Waals surface area contributed by atoms with Crippen molar-refractivity contribution in [3.05, 3.63) is 54.5 Å². The Morgan fingerprint density at radius 1 is 1.14 bits per heavy atom. The molecule has 0 bridgehead atoms. The molecule has 0 unspecified atom stereocenters. The third-order valence-corrected chi connectivity index (χ3v) is 2.97. The summed E-state index contributed by atoms with van der Waals surface area (Å²) in [6.45, 7) is 0.395. The average Bonchev–Trinajstić information content (AvgIpc) is 3.03. The second-order valence-corrected chi connectivity index (χ2v) is 4.36. The standard InChI is InChI=1S/C14H12N6O/c21-13(11-4-2-1-3-5-11)6-9-20-14(17-18-19-20)12-10-15-7-8-16-12/h1-5,7-8,10H,6,9H2. The molecule has 2 aromatic heterocycles. The normalized spacial score (nSPS) is 10.5. The topological polar surface area (TPSA) is 86.5 Å². The van der Waals surface area contributed by atoms with Gasteiger partial charge in [-0.3, -0.25) is 9.78 Å². The molecular weight excluding hydrogens is 268 g/mol. The van der Waals surface area contributed by atoms with Crippen molar-refractivity contribution in [2.24, 2.45) is 0 Å². The third kappa shape index (κ3) is 2.97. The smallest absolute Gasteiger partial charge is 0.202 e. The van der Waals surface area contributed by atoms with E-state index in [9.17, 15) is 4.79 Å². The largest absolute Gasteiger partial charge is 0.294 e. The molecular formula is C14H12N6O. The van der Waals surface area contributed by atoms with Gasteiger partial charge in [0.25, 0.3) is 0 Å². The maximum Gasteiger partial charge on any atom is 0.202 e. The summed E-state index contributed by atoms with van der Waals surface area (Å²) in [6, 6.07) is 9.16. The third-order valence-electron chi connectivity index (χ3n) is 2.97. The highest BCUT2D eigenvalue weighted by Gasteiger charge is 2.12. The Hall–Kier alpha value is -2.96. The summed E-state index contributed by atoms with van der Waals surface area (Å²) in [6.07, 6.45) is 5.06. The van der Waals surface area contributed by atoms with Crippen molar-refractivity contribution < 1.29 is 4.79 Å². The molecule has 7 nitrogen and oxygen atoms in total. The van der Waals surface area contributed by atoms with Crippen LogP contribution < -0.4 is 0 Å². The van der Waals surface area contributed by atoms with Crippen LogP contribution in [0.3, 0.4) is 0 Å². The maximum absolute atomic E-state index is 12.1. The second-order valence-electron chi connectivity index (χ2n) is 4.36. The van der Waals surface area contributed by atoms with E-state index in [1.165, 1.54) is 0 Å². The molecule has 0 saturated heterocycles. The van der Waals surface area contributed by atoms with Gasteiger partial charge in [-0.25, -0.2) is 9.67 Å². The lowest BCUT2D eigenvalue weighted by atomic mass is 10.1. The van der Waals surface area contributed by atoms with Crippen molar-refractivity contribution in [2.75, 3.05) is 0 Å². The zero-order valence-electron chi connectivity index (χ0n) is 11.1. The van der Waals surface area contributed by atoms with Gasteiger partial charge in [0.15, 0.2) is 5.78 Å². The summed E-state index contributed by atoms with van der Waals surface area (Å²) >= 11 is 0. The van der Waals surface area contributed by atoms with Gasteiger partial charge < -0.3 is 0 Å². The van der Waals surface area contributed by atoms with Crippen LogP contribution in [0.1, 0.15) is 16.8 Å². The minimum Gasteiger partial charge on any atom is -0.294 e. The first-order chi connectivity index (χ1) is 10.3. The molecule has 0 saturated carbocycles. The Morgan fingerprint density at radius 3 is 2.76 bits per heavy atom. The predicted molar refractivity (Wildman–Crippen MR) is 74.2 cm³/mol. The summed E-state index contributed by atoms with van der Waals surface area (Å²) in [5.41, 5.74) is 1.27. The van der Waals surface area contributed by atoms with Crippen LogP contribution in [0.15, 0.2) is 48.9 Å². The number of aromatic nitrogens is 6. The van der Waals surface area contributed by atoms with E-state index in [0.29, 0.717) is 30.0 Å². The monoisotopic (exact) mass is 280 g/mol. The molecule has 0 aliphatic carbocycles. The van der Waals surface area contributed by atoms with E-state index in [2.05, 4.69) is 25.5 Å². The van der Waals surface area contributed by atoms with Crippen molar-refractivity contribution in [1.29, 1.82) is 0 Å². The van der Waals surface area contributed by atoms with Crippen LogP contribution in [0.2, 0.25) is 0 Å². The van der Waals surface area contributed by atoms with Crippen LogP contribution in [0, 0.1) is 0 Å². The first kappa shape index (κ1) is 13.0. The zero-order chi connectivity index (χ0) is 14.5. The van der Waals surface area contributed by atoms with Crippen LogP contribution >= 0.6 is 0 Å². The van der Waals surface area contributed by atoms with Crippen LogP contribution in [-0.2, 0) is 6.54 Å². The molecule has 0 N–H and O–H groups in total. The lowest BCUT2D eigenvalue weighted by Gasteiger charge is -2.03. The highest BCUT2D eigenvalue weighted by molar-refractivity contribution is 5.95. The molecule has 0 radical (unpaired) electrons. The molecule has 0 aliphatic rings. The fraction of sp³-hybridized carbons (Fsp3) is 0.143. The molecule has 1 aromatic carbocycles. The van der Waals surface area contributed by atoms with Gasteiger partial charge in [0.05, 0.1) is 12.7 Å². The molecule has 0 fully saturated rings. The van der Waals surface area contributed by atoms with Crippen molar-refractivity contribution in [3.8, 4) is 11.5 Å². The van der Waals surface area contributed by atoms with Crippen LogP contribution in [0.25, 0.3) is 11.5 Å². The number of ketones is 1. The number of benzene rings is 1. The van der Waals surface area contributed by atoms with Gasteiger partial charge in [0.1, 0.15) is 5.69 Å². The zero-order valence-corrected chi connectivity index (χ0v) is 11.1. The van der Waals surface area contributed by atoms with Crippen molar-refractivity contribution >= 4 is 5.78 Å². The molecule has 0 spiro atoms. The summed E-state index contributed by atoms with van der Waals surface area (Å²) in [5, 5.41) is 11.5. The molecule has 21 heavy (non-hydrogen) atoms. The molecule has 0 amide bonds. The quantitative estimate of drug-likeness (QED) is 0.657. The average molecular weight is 280 g/mol. The van der Waals surface area contributed by atoms with E-state index in [4.69, 9.17) is 0 Å². The minimum absolute atomic E-state index is 0.0520. The lowest BCUT2D eigenvalue weighted by molar-refractivity contribution is 0.0975. The van der Waals surface area contributed by atoms with E-state index in [1.807, 2.05) is 18.2 Å². The highest BCUT2D eigenvalue weighted by atomic mass is 16.1. The Kier molecular flexibility index (Phi) is 3.72. The summed E-state index contributed by atoms with van der Waals surface area (Å²) in [5.74, 6) is 0.556. The molecule has 0 atom stereocenters. The lowest BCUT2D eigenvalue weighted by Crippen LogP contribution is -2.09. The Morgan fingerprint density at radius 2 is 2.00 bits per heavy atom. The molecule has 2 heterocycles. The van der Waals surface area contributed by atoms with E-state index in [1.54, 1.807) is 35.4 Å². The highest BCUT2D eigenvalue weighted by Crippen LogP contribution is 2.11. The first-order valence-corrected chi connectivity index (χ1v) is 6.45. The molecule has 3 aromatic rings. The fourth-order valence-electron chi connectivity index (χ4n) is 1.93. The SMILES string of the molecule is O=C(CCn1nnnc1-c1cnccn1)c1ccccc1. The van der Waals surface area contributed by atoms with Gasteiger partial charge in [-0.05, 0) is 10.4 Å². The van der Waals surface area contributed by atoms with Gasteiger partial charge in [-0.15, -0.1) is 5.10 Å². The summed E-state index contributed by atoms with van der Waals surface area (Å²) in [4.78, 5) is 20.2. The van der Waals surface area contributed by atoms with Gasteiger partial charge in [0, 0.05) is 24.4 Å². The number of tetrazole rings is 1. The maximum atomic E-state index is 12.1. The number of hydrogen-bond donors (Lipinski definition) is 0. The minimum atomic E-state index is 0.0520. The van der Waals surface area contributed by atoms with Crippen molar-refractivity contribution in [3.63, 3.8) is 0 Å².